The van der Waals surface area contributed by atoms with Gasteiger partial charge < -0.3 is 9.26 Å². The first kappa shape index (κ1) is 15.0. The molecule has 23 heavy (non-hydrogen) atoms. The average Bonchev–Trinajstić information content (AvgIpc) is 3.22. The number of hydrogen-bond donors (Lipinski definition) is 0. The Morgan fingerprint density at radius 1 is 1.43 bits per heavy atom. The highest BCUT2D eigenvalue weighted by Gasteiger charge is 2.37. The lowest BCUT2D eigenvalue weighted by atomic mass is 9.83. The van der Waals surface area contributed by atoms with Gasteiger partial charge in [-0.1, -0.05) is 17.3 Å². The molecule has 3 aromatic heterocycles. The van der Waals surface area contributed by atoms with Crippen LogP contribution < -0.4 is 0 Å². The first-order valence-electron chi connectivity index (χ1n) is 7.24. The largest absolute Gasteiger partial charge is 0.380 e. The van der Waals surface area contributed by atoms with Gasteiger partial charge in [-0.25, -0.2) is 0 Å². The van der Waals surface area contributed by atoms with E-state index >= 15 is 0 Å². The molecular weight excluding hydrogens is 382 g/mol. The SMILES string of the molecule is CCC1(Cn2cc(-c3nc(-c4cc(Br)cs4)no3)nn2)COC1. The van der Waals surface area contributed by atoms with Crippen molar-refractivity contribution in [2.45, 2.75) is 19.9 Å². The molecule has 0 N–H and O–H groups in total. The molecule has 120 valence electrons. The van der Waals surface area contributed by atoms with Crippen LogP contribution in [0.3, 0.4) is 0 Å². The van der Waals surface area contributed by atoms with Crippen LogP contribution in [-0.2, 0) is 11.3 Å². The van der Waals surface area contributed by atoms with Crippen molar-refractivity contribution in [2.24, 2.45) is 5.41 Å². The van der Waals surface area contributed by atoms with Gasteiger partial charge in [0, 0.05) is 15.3 Å². The van der Waals surface area contributed by atoms with E-state index in [1.54, 1.807) is 11.3 Å². The number of ether oxygens (including phenoxy) is 1. The molecular formula is C14H14BrN5O2S. The zero-order valence-corrected chi connectivity index (χ0v) is 14.8. The number of aromatic nitrogens is 5. The van der Waals surface area contributed by atoms with Crippen molar-refractivity contribution in [3.05, 3.63) is 22.1 Å². The van der Waals surface area contributed by atoms with Gasteiger partial charge in [-0.05, 0) is 28.4 Å². The van der Waals surface area contributed by atoms with E-state index in [0.29, 0.717) is 17.4 Å². The van der Waals surface area contributed by atoms with Gasteiger partial charge >= 0.3 is 0 Å². The Morgan fingerprint density at radius 2 is 2.30 bits per heavy atom. The van der Waals surface area contributed by atoms with Gasteiger partial charge in [-0.2, -0.15) is 4.98 Å². The lowest BCUT2D eigenvalue weighted by molar-refractivity contribution is -0.125. The second kappa shape index (κ2) is 5.81. The highest BCUT2D eigenvalue weighted by atomic mass is 79.9. The van der Waals surface area contributed by atoms with Crippen molar-refractivity contribution in [1.29, 1.82) is 0 Å². The molecule has 9 heteroatoms. The number of thiophene rings is 1. The average molecular weight is 396 g/mol. The summed E-state index contributed by atoms with van der Waals surface area (Å²) in [6, 6.07) is 1.96. The van der Waals surface area contributed by atoms with E-state index in [2.05, 4.69) is 43.3 Å². The molecule has 1 saturated heterocycles. The highest BCUT2D eigenvalue weighted by molar-refractivity contribution is 9.10. The summed E-state index contributed by atoms with van der Waals surface area (Å²) in [6.45, 7) is 4.51. The number of rotatable bonds is 5. The fourth-order valence-electron chi connectivity index (χ4n) is 2.47. The van der Waals surface area contributed by atoms with E-state index in [0.717, 1.165) is 35.5 Å². The van der Waals surface area contributed by atoms with Crippen molar-refractivity contribution in [3.63, 3.8) is 0 Å². The molecule has 4 heterocycles. The minimum atomic E-state index is 0.175. The Kier molecular flexibility index (Phi) is 3.78. The third-order valence-electron chi connectivity index (χ3n) is 4.04. The molecule has 0 radical (unpaired) electrons. The third-order valence-corrected chi connectivity index (χ3v) is 5.72. The molecule has 0 atom stereocenters. The van der Waals surface area contributed by atoms with Crippen LogP contribution in [0.1, 0.15) is 13.3 Å². The Balaban J connectivity index is 1.54. The number of hydrogen-bond acceptors (Lipinski definition) is 7. The monoisotopic (exact) mass is 395 g/mol. The van der Waals surface area contributed by atoms with Gasteiger partial charge in [0.25, 0.3) is 5.89 Å². The molecule has 0 spiro atoms. The van der Waals surface area contributed by atoms with E-state index in [-0.39, 0.29) is 5.41 Å². The van der Waals surface area contributed by atoms with Crippen molar-refractivity contribution in [3.8, 4) is 22.3 Å². The molecule has 0 aliphatic carbocycles. The van der Waals surface area contributed by atoms with Crippen LogP contribution >= 0.6 is 27.3 Å². The molecule has 0 bridgehead atoms. The maximum atomic E-state index is 5.34. The summed E-state index contributed by atoms with van der Waals surface area (Å²) in [4.78, 5) is 5.34. The van der Waals surface area contributed by atoms with Crippen LogP contribution in [0, 0.1) is 5.41 Å². The van der Waals surface area contributed by atoms with E-state index in [1.165, 1.54) is 0 Å². The van der Waals surface area contributed by atoms with E-state index in [9.17, 15) is 0 Å². The van der Waals surface area contributed by atoms with E-state index in [1.807, 2.05) is 22.3 Å². The molecule has 1 aliphatic rings. The van der Waals surface area contributed by atoms with Crippen molar-refractivity contribution >= 4 is 27.3 Å². The summed E-state index contributed by atoms with van der Waals surface area (Å²) < 4.78 is 13.5. The number of halogens is 1. The van der Waals surface area contributed by atoms with Crippen molar-refractivity contribution in [1.82, 2.24) is 25.1 Å². The van der Waals surface area contributed by atoms with Crippen LogP contribution in [0.2, 0.25) is 0 Å². The van der Waals surface area contributed by atoms with Gasteiger partial charge in [0.15, 0.2) is 5.69 Å². The predicted molar refractivity (Wildman–Crippen MR) is 87.9 cm³/mol. The Hall–Kier alpha value is -1.58. The molecule has 1 aliphatic heterocycles. The summed E-state index contributed by atoms with van der Waals surface area (Å²) in [5.41, 5.74) is 0.764. The van der Waals surface area contributed by atoms with Crippen LogP contribution in [0.25, 0.3) is 22.3 Å². The first-order valence-corrected chi connectivity index (χ1v) is 8.91. The summed E-state index contributed by atoms with van der Waals surface area (Å²) in [5.74, 6) is 0.939. The van der Waals surface area contributed by atoms with E-state index < -0.39 is 0 Å². The maximum absolute atomic E-state index is 5.34. The summed E-state index contributed by atoms with van der Waals surface area (Å²) in [7, 11) is 0. The Labute approximate surface area is 144 Å². The second-order valence-electron chi connectivity index (χ2n) is 5.70. The molecule has 0 unspecified atom stereocenters. The van der Waals surface area contributed by atoms with Crippen LogP contribution in [0.5, 0.6) is 0 Å². The molecule has 3 aromatic rings. The van der Waals surface area contributed by atoms with Crippen LogP contribution in [-0.4, -0.2) is 38.3 Å². The molecule has 7 nitrogen and oxygen atoms in total. The third kappa shape index (κ3) is 2.84. The molecule has 0 aromatic carbocycles. The predicted octanol–water partition coefficient (Wildman–Crippen LogP) is 3.25. The lowest BCUT2D eigenvalue weighted by Crippen LogP contribution is -2.45. The second-order valence-corrected chi connectivity index (χ2v) is 7.53. The van der Waals surface area contributed by atoms with Gasteiger partial charge in [0.2, 0.25) is 5.82 Å². The minimum absolute atomic E-state index is 0.175. The van der Waals surface area contributed by atoms with Gasteiger partial charge in [-0.15, -0.1) is 16.4 Å². The Morgan fingerprint density at radius 3 is 2.96 bits per heavy atom. The summed E-state index contributed by atoms with van der Waals surface area (Å²) >= 11 is 4.97. The van der Waals surface area contributed by atoms with Crippen LogP contribution in [0.4, 0.5) is 0 Å². The summed E-state index contributed by atoms with van der Waals surface area (Å²) in [5, 5.41) is 14.3. The lowest BCUT2D eigenvalue weighted by Gasteiger charge is -2.40. The van der Waals surface area contributed by atoms with Gasteiger partial charge in [-0.3, -0.25) is 4.68 Å². The zero-order chi connectivity index (χ0) is 15.9. The van der Waals surface area contributed by atoms with Crippen molar-refractivity contribution in [2.75, 3.05) is 13.2 Å². The number of nitrogens with zero attached hydrogens (tertiary/aromatic N) is 5. The molecule has 0 saturated carbocycles. The smallest absolute Gasteiger partial charge is 0.280 e. The topological polar surface area (TPSA) is 78.9 Å². The highest BCUT2D eigenvalue weighted by Crippen LogP contribution is 2.33. The minimum Gasteiger partial charge on any atom is -0.380 e. The van der Waals surface area contributed by atoms with Gasteiger partial charge in [0.1, 0.15) is 0 Å². The fraction of sp³-hybridized carbons (Fsp3) is 0.429. The van der Waals surface area contributed by atoms with Crippen LogP contribution in [0.15, 0.2) is 26.6 Å². The molecule has 1 fully saturated rings. The molecule has 0 amide bonds. The summed E-state index contributed by atoms with van der Waals surface area (Å²) in [6.07, 6.45) is 2.90. The van der Waals surface area contributed by atoms with Gasteiger partial charge in [0.05, 0.1) is 30.8 Å². The fourth-order valence-corrected chi connectivity index (χ4v) is 3.82. The quantitative estimate of drug-likeness (QED) is 0.659. The molecule has 4 rings (SSSR count). The zero-order valence-electron chi connectivity index (χ0n) is 12.4. The first-order chi connectivity index (χ1) is 11.2. The Bertz CT molecular complexity index is 817. The van der Waals surface area contributed by atoms with E-state index in [4.69, 9.17) is 9.26 Å². The normalized spacial score (nSPS) is 16.4. The maximum Gasteiger partial charge on any atom is 0.280 e. The standard InChI is InChI=1S/C14H14BrN5O2S/c1-2-14(7-21-8-14)6-20-4-10(17-19-20)13-16-12(18-22-13)11-3-9(15)5-23-11/h3-5H,2,6-8H2,1H3. The van der Waals surface area contributed by atoms with Crippen molar-refractivity contribution < 1.29 is 9.26 Å².